The Morgan fingerprint density at radius 1 is 1.45 bits per heavy atom. The van der Waals surface area contributed by atoms with E-state index >= 15 is 0 Å². The molecule has 3 nitrogen and oxygen atoms in total. The lowest BCUT2D eigenvalue weighted by molar-refractivity contribution is -0.122. The zero-order valence-electron chi connectivity index (χ0n) is 11.6. The summed E-state index contributed by atoms with van der Waals surface area (Å²) in [5, 5.41) is 6.47. The zero-order valence-corrected chi connectivity index (χ0v) is 13.2. The lowest BCUT2D eigenvalue weighted by Gasteiger charge is -2.09. The molecule has 2 fully saturated rings. The van der Waals surface area contributed by atoms with E-state index in [0.29, 0.717) is 5.92 Å². The van der Waals surface area contributed by atoms with Gasteiger partial charge in [-0.25, -0.2) is 0 Å². The molecule has 2 aliphatic rings. The molecule has 2 N–H and O–H groups in total. The van der Waals surface area contributed by atoms with Crippen LogP contribution in [0.1, 0.15) is 30.7 Å². The molecule has 0 radical (unpaired) electrons. The van der Waals surface area contributed by atoms with Crippen molar-refractivity contribution in [2.75, 3.05) is 19.6 Å². The van der Waals surface area contributed by atoms with Crippen molar-refractivity contribution < 1.29 is 4.79 Å². The van der Waals surface area contributed by atoms with E-state index in [4.69, 9.17) is 0 Å². The Bertz CT molecular complexity index is 485. The maximum atomic E-state index is 12.1. The molecule has 1 aliphatic carbocycles. The fraction of sp³-hybridized carbons (Fsp3) is 0.562. The Morgan fingerprint density at radius 2 is 2.35 bits per heavy atom. The summed E-state index contributed by atoms with van der Waals surface area (Å²) in [7, 11) is 0. The SMILES string of the molecule is O=C(NCCC1CCNC1)C1CC1c1cccc(Br)c1. The van der Waals surface area contributed by atoms with E-state index in [0.717, 1.165) is 42.9 Å². The van der Waals surface area contributed by atoms with Gasteiger partial charge in [-0.3, -0.25) is 4.79 Å². The topological polar surface area (TPSA) is 41.1 Å². The maximum absolute atomic E-state index is 12.1. The molecule has 3 atom stereocenters. The normalized spacial score (nSPS) is 28.4. The van der Waals surface area contributed by atoms with Gasteiger partial charge in [-0.2, -0.15) is 0 Å². The van der Waals surface area contributed by atoms with Crippen LogP contribution in [-0.4, -0.2) is 25.5 Å². The minimum atomic E-state index is 0.186. The van der Waals surface area contributed by atoms with E-state index < -0.39 is 0 Å². The van der Waals surface area contributed by atoms with Gasteiger partial charge in [0.05, 0.1) is 0 Å². The average molecular weight is 337 g/mol. The second-order valence-corrected chi connectivity index (χ2v) is 6.86. The monoisotopic (exact) mass is 336 g/mol. The summed E-state index contributed by atoms with van der Waals surface area (Å²) in [6, 6.07) is 8.31. The molecule has 1 aliphatic heterocycles. The van der Waals surface area contributed by atoms with Gasteiger partial charge in [0.15, 0.2) is 0 Å². The summed E-state index contributed by atoms with van der Waals surface area (Å²) < 4.78 is 1.09. The lowest BCUT2D eigenvalue weighted by atomic mass is 10.1. The number of hydrogen-bond acceptors (Lipinski definition) is 2. The molecular formula is C16H21BrN2O. The van der Waals surface area contributed by atoms with Gasteiger partial charge in [0.25, 0.3) is 0 Å². The minimum Gasteiger partial charge on any atom is -0.356 e. The molecule has 1 saturated carbocycles. The first-order chi connectivity index (χ1) is 9.74. The third-order valence-electron chi connectivity index (χ3n) is 4.42. The number of benzene rings is 1. The number of halogens is 1. The van der Waals surface area contributed by atoms with Crippen molar-refractivity contribution >= 4 is 21.8 Å². The highest BCUT2D eigenvalue weighted by atomic mass is 79.9. The molecule has 20 heavy (non-hydrogen) atoms. The van der Waals surface area contributed by atoms with Crippen LogP contribution in [0, 0.1) is 11.8 Å². The number of amides is 1. The Hall–Kier alpha value is -0.870. The number of nitrogens with one attached hydrogen (secondary N) is 2. The van der Waals surface area contributed by atoms with Crippen molar-refractivity contribution in [1.82, 2.24) is 10.6 Å². The number of rotatable bonds is 5. The quantitative estimate of drug-likeness (QED) is 0.867. The van der Waals surface area contributed by atoms with Gasteiger partial charge < -0.3 is 10.6 Å². The average Bonchev–Trinajstić information content (AvgIpc) is 3.08. The van der Waals surface area contributed by atoms with Crippen LogP contribution >= 0.6 is 15.9 Å². The van der Waals surface area contributed by atoms with E-state index in [9.17, 15) is 4.79 Å². The van der Waals surface area contributed by atoms with E-state index in [1.165, 1.54) is 12.0 Å². The first-order valence-corrected chi connectivity index (χ1v) is 8.27. The van der Waals surface area contributed by atoms with Gasteiger partial charge >= 0.3 is 0 Å². The Morgan fingerprint density at radius 3 is 3.10 bits per heavy atom. The van der Waals surface area contributed by atoms with E-state index in [1.807, 2.05) is 12.1 Å². The summed E-state index contributed by atoms with van der Waals surface area (Å²) >= 11 is 3.49. The molecule has 1 saturated heterocycles. The molecule has 0 aromatic heterocycles. The van der Waals surface area contributed by atoms with Crippen LogP contribution in [0.15, 0.2) is 28.7 Å². The first kappa shape index (κ1) is 14.1. The van der Waals surface area contributed by atoms with Crippen LogP contribution in [0.5, 0.6) is 0 Å². The Kier molecular flexibility index (Phi) is 4.41. The molecule has 0 bridgehead atoms. The summed E-state index contributed by atoms with van der Waals surface area (Å²) in [5.41, 5.74) is 1.28. The maximum Gasteiger partial charge on any atom is 0.223 e. The van der Waals surface area contributed by atoms with Crippen molar-refractivity contribution in [1.29, 1.82) is 0 Å². The van der Waals surface area contributed by atoms with Crippen LogP contribution in [0.3, 0.4) is 0 Å². The van der Waals surface area contributed by atoms with Gasteiger partial charge in [0, 0.05) is 16.9 Å². The van der Waals surface area contributed by atoms with E-state index in [2.05, 4.69) is 38.7 Å². The molecule has 0 spiro atoms. The van der Waals surface area contributed by atoms with Crippen LogP contribution in [0.4, 0.5) is 0 Å². The summed E-state index contributed by atoms with van der Waals surface area (Å²) in [6.45, 7) is 3.07. The number of hydrogen-bond donors (Lipinski definition) is 2. The largest absolute Gasteiger partial charge is 0.356 e. The smallest absolute Gasteiger partial charge is 0.223 e. The van der Waals surface area contributed by atoms with E-state index in [-0.39, 0.29) is 11.8 Å². The third-order valence-corrected chi connectivity index (χ3v) is 4.91. The fourth-order valence-electron chi connectivity index (χ4n) is 3.08. The van der Waals surface area contributed by atoms with Crippen LogP contribution in [0.25, 0.3) is 0 Å². The Balaban J connectivity index is 1.43. The van der Waals surface area contributed by atoms with Crippen molar-refractivity contribution in [2.24, 2.45) is 11.8 Å². The van der Waals surface area contributed by atoms with Crippen LogP contribution in [-0.2, 0) is 4.79 Å². The van der Waals surface area contributed by atoms with Gasteiger partial charge in [0.1, 0.15) is 0 Å². The Labute approximate surface area is 128 Å². The molecule has 3 unspecified atom stereocenters. The minimum absolute atomic E-state index is 0.186. The summed E-state index contributed by atoms with van der Waals surface area (Å²) in [5.74, 6) is 1.59. The molecule has 108 valence electrons. The fourth-order valence-corrected chi connectivity index (χ4v) is 3.50. The van der Waals surface area contributed by atoms with Crippen molar-refractivity contribution in [3.05, 3.63) is 34.3 Å². The van der Waals surface area contributed by atoms with E-state index in [1.54, 1.807) is 0 Å². The molecule has 3 rings (SSSR count). The zero-order chi connectivity index (χ0) is 13.9. The third kappa shape index (κ3) is 3.41. The molecule has 1 aromatic rings. The predicted octanol–water partition coefficient (Wildman–Crippen LogP) is 2.67. The summed E-state index contributed by atoms with van der Waals surface area (Å²) in [4.78, 5) is 12.1. The molecular weight excluding hydrogens is 316 g/mol. The second kappa shape index (κ2) is 6.27. The van der Waals surface area contributed by atoms with Crippen molar-refractivity contribution in [3.8, 4) is 0 Å². The molecule has 1 aromatic carbocycles. The molecule has 4 heteroatoms. The lowest BCUT2D eigenvalue weighted by Crippen LogP contribution is -2.28. The highest BCUT2D eigenvalue weighted by Crippen LogP contribution is 2.47. The second-order valence-electron chi connectivity index (χ2n) is 5.94. The standard InChI is InChI=1S/C16H21BrN2O/c17-13-3-1-2-12(8-13)14-9-15(14)16(20)19-7-5-11-4-6-18-10-11/h1-3,8,11,14-15,18H,4-7,9-10H2,(H,19,20). The highest BCUT2D eigenvalue weighted by Gasteiger charge is 2.43. The van der Waals surface area contributed by atoms with Gasteiger partial charge in [0.2, 0.25) is 5.91 Å². The van der Waals surface area contributed by atoms with Gasteiger partial charge in [-0.1, -0.05) is 28.1 Å². The first-order valence-electron chi connectivity index (χ1n) is 7.48. The van der Waals surface area contributed by atoms with Gasteiger partial charge in [-0.15, -0.1) is 0 Å². The molecule has 1 amide bonds. The van der Waals surface area contributed by atoms with Gasteiger partial charge in [-0.05, 0) is 61.9 Å². The van der Waals surface area contributed by atoms with Crippen molar-refractivity contribution in [2.45, 2.75) is 25.2 Å². The summed E-state index contributed by atoms with van der Waals surface area (Å²) in [6.07, 6.45) is 3.35. The number of carbonyl (C=O) groups excluding carboxylic acids is 1. The van der Waals surface area contributed by atoms with Crippen LogP contribution < -0.4 is 10.6 Å². The van der Waals surface area contributed by atoms with Crippen molar-refractivity contribution in [3.63, 3.8) is 0 Å². The number of carbonyl (C=O) groups is 1. The molecule has 1 heterocycles. The highest BCUT2D eigenvalue weighted by molar-refractivity contribution is 9.10. The predicted molar refractivity (Wildman–Crippen MR) is 83.6 cm³/mol. The van der Waals surface area contributed by atoms with Crippen LogP contribution in [0.2, 0.25) is 0 Å².